The topological polar surface area (TPSA) is 55.8 Å². The Kier molecular flexibility index (Phi) is 5.21. The van der Waals surface area contributed by atoms with Crippen molar-refractivity contribution in [2.45, 2.75) is 19.4 Å². The molecule has 1 N–H and O–H groups in total. The lowest BCUT2D eigenvalue weighted by atomic mass is 10.1. The van der Waals surface area contributed by atoms with Crippen molar-refractivity contribution in [3.8, 4) is 11.5 Å². The number of methoxy groups -OCH3 is 1. The lowest BCUT2D eigenvalue weighted by molar-refractivity contribution is -0.140. The van der Waals surface area contributed by atoms with Crippen molar-refractivity contribution in [1.29, 1.82) is 0 Å². The highest BCUT2D eigenvalue weighted by Crippen LogP contribution is 2.25. The fourth-order valence-corrected chi connectivity index (χ4v) is 1.92. The number of rotatable bonds is 6. The van der Waals surface area contributed by atoms with Gasteiger partial charge in [-0.25, -0.2) is 0 Å². The van der Waals surface area contributed by atoms with E-state index in [0.29, 0.717) is 24.3 Å². The molecule has 0 fully saturated rings. The van der Waals surface area contributed by atoms with Crippen LogP contribution < -0.4 is 4.74 Å². The number of esters is 1. The van der Waals surface area contributed by atoms with E-state index in [4.69, 9.17) is 4.74 Å². The van der Waals surface area contributed by atoms with E-state index in [1.165, 1.54) is 7.11 Å². The first kappa shape index (κ1) is 14.9. The molecule has 0 spiro atoms. The molecule has 0 radical (unpaired) electrons. The maximum absolute atomic E-state index is 11.1. The predicted molar refractivity (Wildman–Crippen MR) is 79.2 cm³/mol. The van der Waals surface area contributed by atoms with Gasteiger partial charge in [-0.15, -0.1) is 0 Å². The maximum atomic E-state index is 11.1. The van der Waals surface area contributed by atoms with Gasteiger partial charge in [-0.3, -0.25) is 4.79 Å². The monoisotopic (exact) mass is 286 g/mol. The molecule has 0 saturated heterocycles. The third-order valence-corrected chi connectivity index (χ3v) is 3.13. The highest BCUT2D eigenvalue weighted by molar-refractivity contribution is 5.69. The Labute approximate surface area is 123 Å². The van der Waals surface area contributed by atoms with E-state index in [9.17, 15) is 9.90 Å². The van der Waals surface area contributed by atoms with Gasteiger partial charge in [0.2, 0.25) is 0 Å². The zero-order valence-corrected chi connectivity index (χ0v) is 11.9. The first-order valence-corrected chi connectivity index (χ1v) is 6.74. The molecule has 0 aliphatic carbocycles. The highest BCUT2D eigenvalue weighted by Gasteiger charge is 2.07. The van der Waals surface area contributed by atoms with Crippen LogP contribution in [0.25, 0.3) is 0 Å². The average Bonchev–Trinajstić information content (AvgIpc) is 2.52. The second-order valence-corrected chi connectivity index (χ2v) is 4.64. The summed E-state index contributed by atoms with van der Waals surface area (Å²) in [6.45, 7) is 0.446. The van der Waals surface area contributed by atoms with Crippen LogP contribution in [-0.2, 0) is 22.6 Å². The lowest BCUT2D eigenvalue weighted by Crippen LogP contribution is -2.02. The fourth-order valence-electron chi connectivity index (χ4n) is 1.92. The molecule has 0 unspecified atom stereocenters. The second-order valence-electron chi connectivity index (χ2n) is 4.64. The van der Waals surface area contributed by atoms with Crippen molar-refractivity contribution >= 4 is 5.97 Å². The molecule has 2 aromatic carbocycles. The van der Waals surface area contributed by atoms with Gasteiger partial charge in [0.05, 0.1) is 7.11 Å². The van der Waals surface area contributed by atoms with Crippen LogP contribution in [0.15, 0.2) is 48.5 Å². The normalized spacial score (nSPS) is 10.1. The largest absolute Gasteiger partial charge is 0.508 e. The summed E-state index contributed by atoms with van der Waals surface area (Å²) in [7, 11) is 1.35. The summed E-state index contributed by atoms with van der Waals surface area (Å²) in [6.07, 6.45) is 0.686. The summed E-state index contributed by atoms with van der Waals surface area (Å²) in [5, 5.41) is 9.94. The van der Waals surface area contributed by atoms with Crippen molar-refractivity contribution < 1.29 is 19.4 Å². The van der Waals surface area contributed by atoms with E-state index in [1.807, 2.05) is 30.3 Å². The Balaban J connectivity index is 1.94. The minimum absolute atomic E-state index is 0.129. The summed E-state index contributed by atoms with van der Waals surface area (Å²) in [6, 6.07) is 14.9. The Bertz CT molecular complexity index is 593. The molecule has 0 amide bonds. The van der Waals surface area contributed by atoms with E-state index < -0.39 is 0 Å². The summed E-state index contributed by atoms with van der Waals surface area (Å²) in [5.74, 6) is 0.432. The summed E-state index contributed by atoms with van der Waals surface area (Å²) in [5.41, 5.74) is 1.76. The predicted octanol–water partition coefficient (Wildman–Crippen LogP) is 3.08. The van der Waals surface area contributed by atoms with Crippen LogP contribution in [0.5, 0.6) is 11.5 Å². The first-order valence-electron chi connectivity index (χ1n) is 6.74. The molecule has 2 aromatic rings. The summed E-state index contributed by atoms with van der Waals surface area (Å²) < 4.78 is 10.2. The van der Waals surface area contributed by atoms with Crippen molar-refractivity contribution in [3.63, 3.8) is 0 Å². The lowest BCUT2D eigenvalue weighted by Gasteiger charge is -2.09. The number of ether oxygens (including phenoxy) is 2. The number of aryl methyl sites for hydroxylation is 1. The van der Waals surface area contributed by atoms with Crippen LogP contribution >= 0.6 is 0 Å². The molecular formula is C17H18O4. The minimum Gasteiger partial charge on any atom is -0.508 e. The Morgan fingerprint density at radius 3 is 2.57 bits per heavy atom. The van der Waals surface area contributed by atoms with Gasteiger partial charge in [-0.1, -0.05) is 36.4 Å². The summed E-state index contributed by atoms with van der Waals surface area (Å²) in [4.78, 5) is 11.1. The van der Waals surface area contributed by atoms with Crippen LogP contribution in [0.2, 0.25) is 0 Å². The Morgan fingerprint density at radius 1 is 1.14 bits per heavy atom. The number of hydrogen-bond acceptors (Lipinski definition) is 4. The van der Waals surface area contributed by atoms with Crippen molar-refractivity contribution in [2.24, 2.45) is 0 Å². The molecule has 2 rings (SSSR count). The van der Waals surface area contributed by atoms with Crippen LogP contribution in [0.3, 0.4) is 0 Å². The molecule has 0 bridgehead atoms. The number of aromatic hydroxyl groups is 1. The van der Waals surface area contributed by atoms with Gasteiger partial charge in [-0.05, 0) is 23.6 Å². The smallest absolute Gasteiger partial charge is 0.305 e. The standard InChI is InChI=1S/C17H18O4/c1-20-17(19)10-8-14-7-9-15(11-16(14)18)21-12-13-5-3-2-4-6-13/h2-7,9,11,18H,8,10,12H2,1H3. The van der Waals surface area contributed by atoms with E-state index in [-0.39, 0.29) is 18.1 Å². The molecule has 0 heterocycles. The Hall–Kier alpha value is -2.49. The molecule has 0 atom stereocenters. The Morgan fingerprint density at radius 2 is 1.90 bits per heavy atom. The van der Waals surface area contributed by atoms with Crippen LogP contribution in [0.1, 0.15) is 17.5 Å². The molecule has 4 heteroatoms. The van der Waals surface area contributed by atoms with Gasteiger partial charge in [0.15, 0.2) is 0 Å². The van der Waals surface area contributed by atoms with Crippen LogP contribution in [0, 0.1) is 0 Å². The van der Waals surface area contributed by atoms with Gasteiger partial charge in [0, 0.05) is 12.5 Å². The van der Waals surface area contributed by atoms with Gasteiger partial charge in [-0.2, -0.15) is 0 Å². The zero-order chi connectivity index (χ0) is 15.1. The third-order valence-electron chi connectivity index (χ3n) is 3.13. The van der Waals surface area contributed by atoms with E-state index in [0.717, 1.165) is 5.56 Å². The quantitative estimate of drug-likeness (QED) is 0.829. The molecule has 21 heavy (non-hydrogen) atoms. The molecule has 0 aromatic heterocycles. The minimum atomic E-state index is -0.293. The van der Waals surface area contributed by atoms with Gasteiger partial charge in [0.25, 0.3) is 0 Å². The van der Waals surface area contributed by atoms with E-state index >= 15 is 0 Å². The number of hydrogen-bond donors (Lipinski definition) is 1. The number of benzene rings is 2. The number of phenolic OH excluding ortho intramolecular Hbond substituents is 1. The van der Waals surface area contributed by atoms with E-state index in [1.54, 1.807) is 18.2 Å². The van der Waals surface area contributed by atoms with Gasteiger partial charge < -0.3 is 14.6 Å². The summed E-state index contributed by atoms with van der Waals surface area (Å²) >= 11 is 0. The molecule has 0 aliphatic heterocycles. The number of carbonyl (C=O) groups is 1. The van der Waals surface area contributed by atoms with Crippen LogP contribution in [0.4, 0.5) is 0 Å². The molecule has 4 nitrogen and oxygen atoms in total. The van der Waals surface area contributed by atoms with Gasteiger partial charge >= 0.3 is 5.97 Å². The molecule has 110 valence electrons. The molecule has 0 aliphatic rings. The number of phenols is 1. The average molecular weight is 286 g/mol. The molecule has 0 saturated carbocycles. The van der Waals surface area contributed by atoms with Crippen molar-refractivity contribution in [1.82, 2.24) is 0 Å². The van der Waals surface area contributed by atoms with E-state index in [2.05, 4.69) is 4.74 Å². The van der Waals surface area contributed by atoms with Crippen molar-refractivity contribution in [2.75, 3.05) is 7.11 Å². The number of carbonyl (C=O) groups excluding carboxylic acids is 1. The first-order chi connectivity index (χ1) is 10.2. The van der Waals surface area contributed by atoms with Crippen molar-refractivity contribution in [3.05, 3.63) is 59.7 Å². The second kappa shape index (κ2) is 7.33. The third kappa shape index (κ3) is 4.53. The zero-order valence-electron chi connectivity index (χ0n) is 11.9. The maximum Gasteiger partial charge on any atom is 0.305 e. The highest BCUT2D eigenvalue weighted by atomic mass is 16.5. The molecular weight excluding hydrogens is 268 g/mol. The fraction of sp³-hybridized carbons (Fsp3) is 0.235. The SMILES string of the molecule is COC(=O)CCc1ccc(OCc2ccccc2)cc1O. The van der Waals surface area contributed by atoms with Crippen LogP contribution in [-0.4, -0.2) is 18.2 Å². The van der Waals surface area contributed by atoms with Gasteiger partial charge in [0.1, 0.15) is 18.1 Å².